The largest absolute Gasteiger partial charge is 0.497 e. The van der Waals surface area contributed by atoms with Gasteiger partial charge in [-0.15, -0.1) is 0 Å². The van der Waals surface area contributed by atoms with E-state index in [1.165, 1.54) is 6.42 Å². The molecule has 0 aromatic heterocycles. The SMILES string of the molecule is CCC(C)CN1C[C@H]2C(=O)NC3(CCN(C(=O)c4cccc(OC)c4)CC3)[C@H]2C1. The van der Waals surface area contributed by atoms with Crippen LogP contribution in [0.15, 0.2) is 24.3 Å². The van der Waals surface area contributed by atoms with Crippen LogP contribution in [0, 0.1) is 17.8 Å². The van der Waals surface area contributed by atoms with Crippen LogP contribution in [0.5, 0.6) is 5.75 Å². The summed E-state index contributed by atoms with van der Waals surface area (Å²) in [4.78, 5) is 30.1. The number of fused-ring (bicyclic) bond motifs is 2. The number of amides is 2. The molecule has 1 aromatic rings. The van der Waals surface area contributed by atoms with E-state index in [4.69, 9.17) is 4.74 Å². The average molecular weight is 400 g/mol. The van der Waals surface area contributed by atoms with Gasteiger partial charge in [0.15, 0.2) is 0 Å². The Labute approximate surface area is 173 Å². The molecule has 6 nitrogen and oxygen atoms in total. The molecule has 29 heavy (non-hydrogen) atoms. The number of hydrogen-bond acceptors (Lipinski definition) is 4. The van der Waals surface area contributed by atoms with Gasteiger partial charge in [0.25, 0.3) is 5.91 Å². The van der Waals surface area contributed by atoms with E-state index in [0.717, 1.165) is 32.5 Å². The Bertz CT molecular complexity index is 772. The number of carbonyl (C=O) groups is 2. The Morgan fingerprint density at radius 3 is 2.76 bits per heavy atom. The standard InChI is InChI=1S/C23H33N3O3/c1-4-16(2)13-25-14-19-20(15-25)23(24-21(19)27)8-10-26(11-9-23)22(28)17-6-5-7-18(12-17)29-3/h5-7,12,16,19-20H,4,8-11,13-15H2,1-3H3,(H,24,27)/t16?,19-,20+/m1/s1. The first-order chi connectivity index (χ1) is 14.0. The van der Waals surface area contributed by atoms with Crippen LogP contribution < -0.4 is 10.1 Å². The van der Waals surface area contributed by atoms with Crippen LogP contribution in [0.3, 0.4) is 0 Å². The molecule has 3 aliphatic rings. The monoisotopic (exact) mass is 399 g/mol. The molecular formula is C23H33N3O3. The molecule has 3 atom stereocenters. The maximum Gasteiger partial charge on any atom is 0.253 e. The molecule has 0 radical (unpaired) electrons. The molecule has 2 amide bonds. The van der Waals surface area contributed by atoms with Crippen molar-refractivity contribution in [3.05, 3.63) is 29.8 Å². The summed E-state index contributed by atoms with van der Waals surface area (Å²) in [5.41, 5.74) is 0.520. The third-order valence-electron chi connectivity index (χ3n) is 7.34. The smallest absolute Gasteiger partial charge is 0.253 e. The molecule has 3 saturated heterocycles. The number of rotatable bonds is 5. The van der Waals surface area contributed by atoms with Gasteiger partial charge in [-0.25, -0.2) is 0 Å². The Balaban J connectivity index is 1.41. The minimum absolute atomic E-state index is 0.0458. The number of nitrogens with one attached hydrogen (secondary N) is 1. The topological polar surface area (TPSA) is 61.9 Å². The normalized spacial score (nSPS) is 27.0. The third-order valence-corrected chi connectivity index (χ3v) is 7.34. The zero-order chi connectivity index (χ0) is 20.6. The molecule has 3 fully saturated rings. The molecule has 3 aliphatic heterocycles. The predicted octanol–water partition coefficient (Wildman–Crippen LogP) is 2.39. The first-order valence-corrected chi connectivity index (χ1v) is 10.9. The maximum atomic E-state index is 12.9. The number of methoxy groups -OCH3 is 1. The van der Waals surface area contributed by atoms with Crippen LogP contribution in [0.25, 0.3) is 0 Å². The highest BCUT2D eigenvalue weighted by molar-refractivity contribution is 5.94. The number of nitrogens with zero attached hydrogens (tertiary/aromatic N) is 2. The fourth-order valence-electron chi connectivity index (χ4n) is 5.40. The van der Waals surface area contributed by atoms with Crippen molar-refractivity contribution in [1.82, 2.24) is 15.1 Å². The average Bonchev–Trinajstić information content (AvgIpc) is 3.27. The summed E-state index contributed by atoms with van der Waals surface area (Å²) in [6.07, 6.45) is 2.85. The summed E-state index contributed by atoms with van der Waals surface area (Å²) >= 11 is 0. The van der Waals surface area contributed by atoms with Crippen molar-refractivity contribution in [2.45, 2.75) is 38.6 Å². The van der Waals surface area contributed by atoms with Gasteiger partial charge in [-0.3, -0.25) is 9.59 Å². The molecule has 6 heteroatoms. The number of benzene rings is 1. The van der Waals surface area contributed by atoms with Gasteiger partial charge in [0.1, 0.15) is 5.75 Å². The van der Waals surface area contributed by atoms with Gasteiger partial charge >= 0.3 is 0 Å². The van der Waals surface area contributed by atoms with Gasteiger partial charge in [-0.2, -0.15) is 0 Å². The molecule has 1 N–H and O–H groups in total. The van der Waals surface area contributed by atoms with Crippen molar-refractivity contribution in [2.24, 2.45) is 17.8 Å². The molecule has 1 unspecified atom stereocenters. The second-order valence-corrected chi connectivity index (χ2v) is 9.11. The number of hydrogen-bond donors (Lipinski definition) is 1. The number of ether oxygens (including phenoxy) is 1. The maximum absolute atomic E-state index is 12.9. The predicted molar refractivity (Wildman–Crippen MR) is 112 cm³/mol. The Kier molecular flexibility index (Phi) is 5.56. The lowest BCUT2D eigenvalue weighted by atomic mass is 9.75. The van der Waals surface area contributed by atoms with Crippen molar-refractivity contribution in [2.75, 3.05) is 39.8 Å². The van der Waals surface area contributed by atoms with E-state index in [1.54, 1.807) is 13.2 Å². The number of likely N-dealkylation sites (tertiary alicyclic amines) is 2. The summed E-state index contributed by atoms with van der Waals surface area (Å²) < 4.78 is 5.25. The quantitative estimate of drug-likeness (QED) is 0.826. The van der Waals surface area contributed by atoms with Gasteiger partial charge < -0.3 is 19.9 Å². The van der Waals surface area contributed by atoms with Crippen LogP contribution in [0.2, 0.25) is 0 Å². The summed E-state index contributed by atoms with van der Waals surface area (Å²) in [7, 11) is 1.61. The zero-order valence-electron chi connectivity index (χ0n) is 17.8. The second kappa shape index (κ2) is 7.98. The third kappa shape index (κ3) is 3.75. The molecule has 1 aromatic carbocycles. The Morgan fingerprint density at radius 2 is 2.07 bits per heavy atom. The molecule has 4 rings (SSSR count). The lowest BCUT2D eigenvalue weighted by Crippen LogP contribution is -2.56. The highest BCUT2D eigenvalue weighted by Gasteiger charge is 2.57. The second-order valence-electron chi connectivity index (χ2n) is 9.11. The number of piperidine rings is 1. The van der Waals surface area contributed by atoms with E-state index in [1.807, 2.05) is 23.1 Å². The van der Waals surface area contributed by atoms with E-state index in [0.29, 0.717) is 36.2 Å². The molecule has 0 aliphatic carbocycles. The van der Waals surface area contributed by atoms with Crippen LogP contribution in [0.1, 0.15) is 43.5 Å². The Morgan fingerprint density at radius 1 is 1.31 bits per heavy atom. The fourth-order valence-corrected chi connectivity index (χ4v) is 5.40. The van der Waals surface area contributed by atoms with Crippen molar-refractivity contribution in [1.29, 1.82) is 0 Å². The van der Waals surface area contributed by atoms with E-state index in [-0.39, 0.29) is 23.3 Å². The van der Waals surface area contributed by atoms with Crippen LogP contribution >= 0.6 is 0 Å². The lowest BCUT2D eigenvalue weighted by molar-refractivity contribution is -0.123. The first kappa shape index (κ1) is 20.2. The van der Waals surface area contributed by atoms with Crippen molar-refractivity contribution < 1.29 is 14.3 Å². The molecule has 0 bridgehead atoms. The van der Waals surface area contributed by atoms with Gasteiger partial charge in [-0.05, 0) is 37.0 Å². The lowest BCUT2D eigenvalue weighted by Gasteiger charge is -2.43. The van der Waals surface area contributed by atoms with Crippen molar-refractivity contribution in [3.8, 4) is 5.75 Å². The highest BCUT2D eigenvalue weighted by Crippen LogP contribution is 2.44. The summed E-state index contributed by atoms with van der Waals surface area (Å²) in [6, 6.07) is 7.33. The summed E-state index contributed by atoms with van der Waals surface area (Å²) in [5, 5.41) is 3.35. The first-order valence-electron chi connectivity index (χ1n) is 10.9. The van der Waals surface area contributed by atoms with Gasteiger partial charge in [-0.1, -0.05) is 26.3 Å². The van der Waals surface area contributed by atoms with Gasteiger partial charge in [0.2, 0.25) is 5.91 Å². The van der Waals surface area contributed by atoms with Gasteiger partial charge in [0.05, 0.1) is 13.0 Å². The number of carbonyl (C=O) groups excluding carboxylic acids is 2. The summed E-state index contributed by atoms with van der Waals surface area (Å²) in [5.74, 6) is 2.10. The van der Waals surface area contributed by atoms with Crippen LogP contribution in [-0.4, -0.2) is 67.0 Å². The molecular weight excluding hydrogens is 366 g/mol. The van der Waals surface area contributed by atoms with E-state index < -0.39 is 0 Å². The molecule has 158 valence electrons. The van der Waals surface area contributed by atoms with Crippen LogP contribution in [0.4, 0.5) is 0 Å². The minimum Gasteiger partial charge on any atom is -0.497 e. The molecule has 3 heterocycles. The minimum atomic E-state index is -0.142. The summed E-state index contributed by atoms with van der Waals surface area (Å²) in [6.45, 7) is 8.84. The van der Waals surface area contributed by atoms with E-state index >= 15 is 0 Å². The fraction of sp³-hybridized carbons (Fsp3) is 0.652. The molecule has 0 saturated carbocycles. The van der Waals surface area contributed by atoms with Crippen molar-refractivity contribution >= 4 is 11.8 Å². The van der Waals surface area contributed by atoms with Gasteiger partial charge in [0, 0.05) is 49.7 Å². The van der Waals surface area contributed by atoms with Crippen LogP contribution in [-0.2, 0) is 4.79 Å². The molecule has 1 spiro atoms. The van der Waals surface area contributed by atoms with E-state index in [2.05, 4.69) is 24.1 Å². The van der Waals surface area contributed by atoms with E-state index in [9.17, 15) is 9.59 Å². The van der Waals surface area contributed by atoms with Crippen molar-refractivity contribution in [3.63, 3.8) is 0 Å². The Hall–Kier alpha value is -2.08. The highest BCUT2D eigenvalue weighted by atomic mass is 16.5. The zero-order valence-corrected chi connectivity index (χ0v) is 17.8.